The highest BCUT2D eigenvalue weighted by molar-refractivity contribution is 5.29. The van der Waals surface area contributed by atoms with Gasteiger partial charge in [0.05, 0.1) is 5.56 Å². The van der Waals surface area contributed by atoms with Gasteiger partial charge >= 0.3 is 6.18 Å². The Hall–Kier alpha value is -2.93. The van der Waals surface area contributed by atoms with E-state index in [0.717, 1.165) is 28.8 Å². The second-order valence-corrected chi connectivity index (χ2v) is 7.39. The third-order valence-corrected chi connectivity index (χ3v) is 4.85. The van der Waals surface area contributed by atoms with E-state index in [4.69, 9.17) is 4.74 Å². The van der Waals surface area contributed by atoms with Crippen LogP contribution in [0.3, 0.4) is 0 Å². The van der Waals surface area contributed by atoms with Crippen molar-refractivity contribution in [2.45, 2.75) is 32.4 Å². The molecular formula is C24H24F4N2O. The van der Waals surface area contributed by atoms with Gasteiger partial charge in [-0.15, -0.1) is 0 Å². The van der Waals surface area contributed by atoms with Crippen LogP contribution in [0.1, 0.15) is 22.3 Å². The summed E-state index contributed by atoms with van der Waals surface area (Å²) in [6, 6.07) is 16.0. The largest absolute Gasteiger partial charge is 0.491 e. The first-order valence-corrected chi connectivity index (χ1v) is 9.91. The Kier molecular flexibility index (Phi) is 7.63. The molecule has 2 aromatic carbocycles. The number of aromatic nitrogens is 1. The molecule has 0 aliphatic heterocycles. The Labute approximate surface area is 179 Å². The average molecular weight is 432 g/mol. The molecule has 1 aromatic heterocycles. The highest BCUT2D eigenvalue weighted by atomic mass is 19.4. The van der Waals surface area contributed by atoms with Crippen molar-refractivity contribution in [3.05, 3.63) is 95.3 Å². The van der Waals surface area contributed by atoms with E-state index in [1.807, 2.05) is 48.2 Å². The van der Waals surface area contributed by atoms with Crippen molar-refractivity contribution < 1.29 is 22.3 Å². The molecule has 3 rings (SSSR count). The summed E-state index contributed by atoms with van der Waals surface area (Å²) in [5.41, 5.74) is 2.42. The number of alkyl halides is 4. The molecule has 0 N–H and O–H groups in total. The topological polar surface area (TPSA) is 25.4 Å². The van der Waals surface area contributed by atoms with E-state index >= 15 is 0 Å². The van der Waals surface area contributed by atoms with Gasteiger partial charge in [-0.25, -0.2) is 4.39 Å². The number of hydrogen-bond acceptors (Lipinski definition) is 3. The molecule has 1 heterocycles. The van der Waals surface area contributed by atoms with Crippen LogP contribution in [0.25, 0.3) is 0 Å². The Balaban J connectivity index is 1.62. The first kappa shape index (κ1) is 22.7. The molecule has 1 unspecified atom stereocenters. The molecule has 0 amide bonds. The van der Waals surface area contributed by atoms with Gasteiger partial charge in [0, 0.05) is 32.0 Å². The number of nitrogens with zero attached hydrogens (tertiary/aromatic N) is 2. The maximum atomic E-state index is 14.8. The van der Waals surface area contributed by atoms with Crippen LogP contribution < -0.4 is 4.74 Å². The number of benzene rings is 2. The SMILES string of the molecule is Cc1ccccc1CN(Cc1cccnc1)CC(F)COc1ccc(C(F)(F)F)cc1. The van der Waals surface area contributed by atoms with Crippen LogP contribution in [0.15, 0.2) is 73.1 Å². The lowest BCUT2D eigenvalue weighted by Crippen LogP contribution is -2.33. The molecule has 0 spiro atoms. The summed E-state index contributed by atoms with van der Waals surface area (Å²) in [7, 11) is 0. The van der Waals surface area contributed by atoms with Gasteiger partial charge < -0.3 is 4.74 Å². The second-order valence-electron chi connectivity index (χ2n) is 7.39. The van der Waals surface area contributed by atoms with E-state index in [1.54, 1.807) is 12.4 Å². The minimum atomic E-state index is -4.41. The van der Waals surface area contributed by atoms with Gasteiger partial charge in [0.25, 0.3) is 0 Å². The average Bonchev–Trinajstić information content (AvgIpc) is 2.74. The maximum Gasteiger partial charge on any atom is 0.416 e. The van der Waals surface area contributed by atoms with Crippen LogP contribution in [-0.4, -0.2) is 29.2 Å². The highest BCUT2D eigenvalue weighted by Gasteiger charge is 2.30. The quantitative estimate of drug-likeness (QED) is 0.398. The van der Waals surface area contributed by atoms with Gasteiger partial charge in [0.2, 0.25) is 0 Å². The summed E-state index contributed by atoms with van der Waals surface area (Å²) >= 11 is 0. The number of ether oxygens (including phenoxy) is 1. The summed E-state index contributed by atoms with van der Waals surface area (Å²) in [6.07, 6.45) is -2.30. The Bertz CT molecular complexity index is 946. The van der Waals surface area contributed by atoms with Crippen LogP contribution in [0.5, 0.6) is 5.75 Å². The zero-order valence-electron chi connectivity index (χ0n) is 17.1. The van der Waals surface area contributed by atoms with Crippen LogP contribution in [0, 0.1) is 6.92 Å². The molecule has 0 saturated heterocycles. The molecule has 0 aliphatic carbocycles. The van der Waals surface area contributed by atoms with Gasteiger partial charge in [0.1, 0.15) is 18.5 Å². The molecule has 1 atom stereocenters. The number of aryl methyl sites for hydroxylation is 1. The molecule has 164 valence electrons. The first-order chi connectivity index (χ1) is 14.8. The molecule has 3 aromatic rings. The van der Waals surface area contributed by atoms with Gasteiger partial charge in [-0.2, -0.15) is 13.2 Å². The van der Waals surface area contributed by atoms with E-state index in [0.29, 0.717) is 13.1 Å². The van der Waals surface area contributed by atoms with Gasteiger partial charge in [0.15, 0.2) is 0 Å². The molecule has 31 heavy (non-hydrogen) atoms. The van der Waals surface area contributed by atoms with Crippen molar-refractivity contribution in [3.63, 3.8) is 0 Å². The monoisotopic (exact) mass is 432 g/mol. The van der Waals surface area contributed by atoms with E-state index in [-0.39, 0.29) is 18.9 Å². The molecule has 0 fully saturated rings. The lowest BCUT2D eigenvalue weighted by Gasteiger charge is -2.25. The maximum absolute atomic E-state index is 14.8. The first-order valence-electron chi connectivity index (χ1n) is 9.91. The van der Waals surface area contributed by atoms with E-state index in [9.17, 15) is 17.6 Å². The molecule has 0 radical (unpaired) electrons. The molecule has 0 bridgehead atoms. The van der Waals surface area contributed by atoms with Crippen molar-refractivity contribution in [1.82, 2.24) is 9.88 Å². The van der Waals surface area contributed by atoms with Crippen LogP contribution in [0.4, 0.5) is 17.6 Å². The summed E-state index contributed by atoms with van der Waals surface area (Å²) in [5.74, 6) is 0.202. The summed E-state index contributed by atoms with van der Waals surface area (Å²) in [5, 5.41) is 0. The minimum absolute atomic E-state index is 0.115. The van der Waals surface area contributed by atoms with Crippen molar-refractivity contribution >= 4 is 0 Å². The minimum Gasteiger partial charge on any atom is -0.491 e. The third kappa shape index (κ3) is 7.07. The number of hydrogen-bond donors (Lipinski definition) is 0. The lowest BCUT2D eigenvalue weighted by molar-refractivity contribution is -0.137. The van der Waals surface area contributed by atoms with Crippen molar-refractivity contribution in [2.24, 2.45) is 0 Å². The normalized spacial score (nSPS) is 12.7. The summed E-state index contributed by atoms with van der Waals surface area (Å²) in [6.45, 7) is 2.95. The fraction of sp³-hybridized carbons (Fsp3) is 0.292. The fourth-order valence-electron chi connectivity index (χ4n) is 3.22. The van der Waals surface area contributed by atoms with Crippen molar-refractivity contribution in [3.8, 4) is 5.75 Å². The smallest absolute Gasteiger partial charge is 0.416 e. The zero-order valence-corrected chi connectivity index (χ0v) is 17.1. The molecule has 7 heteroatoms. The van der Waals surface area contributed by atoms with E-state index < -0.39 is 17.9 Å². The van der Waals surface area contributed by atoms with Gasteiger partial charge in [-0.3, -0.25) is 9.88 Å². The zero-order chi connectivity index (χ0) is 22.3. The van der Waals surface area contributed by atoms with Gasteiger partial charge in [-0.1, -0.05) is 30.3 Å². The number of halogens is 4. The van der Waals surface area contributed by atoms with Crippen LogP contribution >= 0.6 is 0 Å². The molecule has 0 saturated carbocycles. The predicted octanol–water partition coefficient (Wildman–Crippen LogP) is 5.83. The Morgan fingerprint density at radius 3 is 2.35 bits per heavy atom. The van der Waals surface area contributed by atoms with Gasteiger partial charge in [-0.05, 0) is 53.9 Å². The van der Waals surface area contributed by atoms with Crippen LogP contribution in [0.2, 0.25) is 0 Å². The van der Waals surface area contributed by atoms with Crippen molar-refractivity contribution in [1.29, 1.82) is 0 Å². The third-order valence-electron chi connectivity index (χ3n) is 4.85. The standard InChI is InChI=1S/C24H24F4N2O/c1-18-5-2-3-7-20(18)15-30(14-19-6-4-12-29-13-19)16-22(25)17-31-23-10-8-21(9-11-23)24(26,27)28/h2-13,22H,14-17H2,1H3. The van der Waals surface area contributed by atoms with E-state index in [1.165, 1.54) is 12.1 Å². The Morgan fingerprint density at radius 1 is 0.968 bits per heavy atom. The predicted molar refractivity (Wildman–Crippen MR) is 111 cm³/mol. The number of rotatable bonds is 9. The summed E-state index contributed by atoms with van der Waals surface area (Å²) < 4.78 is 58.1. The number of pyridine rings is 1. The highest BCUT2D eigenvalue weighted by Crippen LogP contribution is 2.30. The van der Waals surface area contributed by atoms with Crippen LogP contribution in [-0.2, 0) is 19.3 Å². The molecule has 0 aliphatic rings. The second kappa shape index (κ2) is 10.4. The van der Waals surface area contributed by atoms with E-state index in [2.05, 4.69) is 4.98 Å². The molecule has 3 nitrogen and oxygen atoms in total. The fourth-order valence-corrected chi connectivity index (χ4v) is 3.22. The van der Waals surface area contributed by atoms with Crippen molar-refractivity contribution in [2.75, 3.05) is 13.2 Å². The Morgan fingerprint density at radius 2 is 1.71 bits per heavy atom. The lowest BCUT2D eigenvalue weighted by atomic mass is 10.1. The molecular weight excluding hydrogens is 408 g/mol. The summed E-state index contributed by atoms with van der Waals surface area (Å²) in [4.78, 5) is 6.09.